The number of ether oxygens (including phenoxy) is 2. The molecule has 1 atom stereocenters. The van der Waals surface area contributed by atoms with Crippen LogP contribution in [-0.4, -0.2) is 40.2 Å². The molecule has 1 fully saturated rings. The predicted octanol–water partition coefficient (Wildman–Crippen LogP) is 3.90. The number of nitrogens with zero attached hydrogens (tertiary/aromatic N) is 3. The number of halogens is 1. The van der Waals surface area contributed by atoms with Crippen molar-refractivity contribution in [3.8, 4) is 11.5 Å². The minimum Gasteiger partial charge on any atom is -0.507 e. The average molecular weight is 470 g/mol. The van der Waals surface area contributed by atoms with Crippen LogP contribution in [0.1, 0.15) is 22.2 Å². The molecule has 32 heavy (non-hydrogen) atoms. The maximum atomic E-state index is 13.1. The van der Waals surface area contributed by atoms with Crippen molar-refractivity contribution >= 4 is 45.5 Å². The van der Waals surface area contributed by atoms with Gasteiger partial charge in [-0.15, -0.1) is 10.2 Å². The molecule has 2 aliphatic heterocycles. The number of amides is 1. The molecule has 162 valence electrons. The lowest BCUT2D eigenvalue weighted by atomic mass is 9.95. The number of aromatic nitrogens is 2. The Kier molecular flexibility index (Phi) is 5.07. The molecule has 10 heteroatoms. The lowest BCUT2D eigenvalue weighted by Crippen LogP contribution is -2.29. The van der Waals surface area contributed by atoms with Crippen LogP contribution in [0, 0.1) is 6.92 Å². The summed E-state index contributed by atoms with van der Waals surface area (Å²) < 4.78 is 11.1. The van der Waals surface area contributed by atoms with Gasteiger partial charge in [-0.1, -0.05) is 35.1 Å². The molecule has 2 aliphatic rings. The number of aliphatic hydroxyl groups excluding tert-OH is 1. The summed E-state index contributed by atoms with van der Waals surface area (Å²) in [4.78, 5) is 27.4. The van der Waals surface area contributed by atoms with Gasteiger partial charge in [-0.3, -0.25) is 14.5 Å². The van der Waals surface area contributed by atoms with Crippen molar-refractivity contribution in [2.75, 3.05) is 18.1 Å². The fourth-order valence-corrected chi connectivity index (χ4v) is 4.66. The third kappa shape index (κ3) is 3.39. The average Bonchev–Trinajstić information content (AvgIpc) is 3.33. The van der Waals surface area contributed by atoms with E-state index in [1.807, 2.05) is 0 Å². The molecular weight excluding hydrogens is 454 g/mol. The molecule has 0 saturated carbocycles. The summed E-state index contributed by atoms with van der Waals surface area (Å²) in [6.07, 6.45) is 0. The van der Waals surface area contributed by atoms with Crippen LogP contribution >= 0.6 is 22.9 Å². The Morgan fingerprint density at radius 2 is 1.91 bits per heavy atom. The van der Waals surface area contributed by atoms with E-state index in [1.165, 1.54) is 16.2 Å². The largest absolute Gasteiger partial charge is 0.507 e. The third-order valence-corrected chi connectivity index (χ3v) is 6.22. The monoisotopic (exact) mass is 469 g/mol. The Labute approximate surface area is 191 Å². The quantitative estimate of drug-likeness (QED) is 0.352. The van der Waals surface area contributed by atoms with E-state index in [1.54, 1.807) is 49.4 Å². The summed E-state index contributed by atoms with van der Waals surface area (Å²) in [5, 5.41) is 20.6. The normalized spacial score (nSPS) is 19.4. The highest BCUT2D eigenvalue weighted by Crippen LogP contribution is 2.44. The highest BCUT2D eigenvalue weighted by molar-refractivity contribution is 7.15. The molecule has 1 amide bonds. The lowest BCUT2D eigenvalue weighted by Gasteiger charge is -2.23. The number of anilines is 1. The summed E-state index contributed by atoms with van der Waals surface area (Å²) in [5.41, 5.74) is 0.818. The van der Waals surface area contributed by atoms with Gasteiger partial charge in [0, 0.05) is 10.6 Å². The standard InChI is InChI=1S/C22H16ClN3O5S/c1-11-24-25-22(32-11)26-18(12-3-2-4-14(23)9-12)17(20(28)21(26)29)19(27)13-5-6-15-16(10-13)31-8-7-30-15/h2-6,9-10,18,27H,7-8H2,1H3. The number of fused-ring (bicyclic) bond motifs is 1. The summed E-state index contributed by atoms with van der Waals surface area (Å²) in [6.45, 7) is 2.56. The van der Waals surface area contributed by atoms with Crippen LogP contribution < -0.4 is 14.4 Å². The first-order valence-corrected chi connectivity index (χ1v) is 10.9. The zero-order chi connectivity index (χ0) is 22.4. The van der Waals surface area contributed by atoms with E-state index in [2.05, 4.69) is 10.2 Å². The zero-order valence-electron chi connectivity index (χ0n) is 16.7. The number of carbonyl (C=O) groups is 2. The van der Waals surface area contributed by atoms with Crippen LogP contribution in [0.2, 0.25) is 5.02 Å². The van der Waals surface area contributed by atoms with Crippen LogP contribution in [0.5, 0.6) is 11.5 Å². The van der Waals surface area contributed by atoms with Gasteiger partial charge >= 0.3 is 5.91 Å². The Bertz CT molecular complexity index is 1290. The first kappa shape index (κ1) is 20.5. The highest BCUT2D eigenvalue weighted by atomic mass is 35.5. The van der Waals surface area contributed by atoms with Crippen LogP contribution in [0.25, 0.3) is 5.76 Å². The summed E-state index contributed by atoms with van der Waals surface area (Å²) in [7, 11) is 0. The Balaban J connectivity index is 1.70. The smallest absolute Gasteiger partial charge is 0.301 e. The molecular formula is C22H16ClN3O5S. The molecule has 1 saturated heterocycles. The minimum atomic E-state index is -0.922. The van der Waals surface area contributed by atoms with E-state index < -0.39 is 17.7 Å². The maximum Gasteiger partial charge on any atom is 0.301 e. The van der Waals surface area contributed by atoms with Crippen molar-refractivity contribution in [3.63, 3.8) is 0 Å². The van der Waals surface area contributed by atoms with Crippen LogP contribution in [0.3, 0.4) is 0 Å². The van der Waals surface area contributed by atoms with Gasteiger partial charge < -0.3 is 14.6 Å². The molecule has 0 radical (unpaired) electrons. The molecule has 1 N–H and O–H groups in total. The van der Waals surface area contributed by atoms with Gasteiger partial charge in [0.25, 0.3) is 5.78 Å². The van der Waals surface area contributed by atoms with Crippen LogP contribution in [-0.2, 0) is 9.59 Å². The van der Waals surface area contributed by atoms with E-state index in [4.69, 9.17) is 21.1 Å². The molecule has 3 aromatic rings. The first-order valence-electron chi connectivity index (χ1n) is 9.70. The Hall–Kier alpha value is -3.43. The van der Waals surface area contributed by atoms with Crippen LogP contribution in [0.4, 0.5) is 5.13 Å². The van der Waals surface area contributed by atoms with Crippen molar-refractivity contribution in [1.82, 2.24) is 10.2 Å². The minimum absolute atomic E-state index is 0.0678. The number of rotatable bonds is 3. The molecule has 2 aromatic carbocycles. The topological polar surface area (TPSA) is 102 Å². The van der Waals surface area contributed by atoms with Gasteiger partial charge in [-0.05, 0) is 42.8 Å². The van der Waals surface area contributed by atoms with Gasteiger partial charge in [0.1, 0.15) is 24.0 Å². The van der Waals surface area contributed by atoms with E-state index >= 15 is 0 Å². The van der Waals surface area contributed by atoms with Gasteiger partial charge in [-0.25, -0.2) is 0 Å². The lowest BCUT2D eigenvalue weighted by molar-refractivity contribution is -0.132. The SMILES string of the molecule is Cc1nnc(N2C(=O)C(=O)C(=C(O)c3ccc4c(c3)OCCO4)C2c2cccc(Cl)c2)s1. The predicted molar refractivity (Wildman–Crippen MR) is 118 cm³/mol. The maximum absolute atomic E-state index is 13.1. The third-order valence-electron chi connectivity index (χ3n) is 5.15. The Morgan fingerprint density at radius 3 is 2.62 bits per heavy atom. The number of aryl methyl sites for hydroxylation is 1. The molecule has 0 aliphatic carbocycles. The molecule has 5 rings (SSSR count). The number of aliphatic hydroxyl groups is 1. The molecule has 1 unspecified atom stereocenters. The van der Waals surface area contributed by atoms with Crippen molar-refractivity contribution in [1.29, 1.82) is 0 Å². The second kappa shape index (κ2) is 7.92. The van der Waals surface area contributed by atoms with Crippen molar-refractivity contribution in [2.24, 2.45) is 0 Å². The molecule has 8 nitrogen and oxygen atoms in total. The van der Waals surface area contributed by atoms with Gasteiger partial charge in [0.05, 0.1) is 11.6 Å². The highest BCUT2D eigenvalue weighted by Gasteiger charge is 2.48. The van der Waals surface area contributed by atoms with Gasteiger partial charge in [0.15, 0.2) is 11.5 Å². The second-order valence-corrected chi connectivity index (χ2v) is 8.78. The number of Topliss-reactive ketones (excluding diaryl/α,β-unsaturated/α-hetero) is 1. The van der Waals surface area contributed by atoms with E-state index in [-0.39, 0.29) is 16.5 Å². The molecule has 1 aromatic heterocycles. The first-order chi connectivity index (χ1) is 15.4. The Morgan fingerprint density at radius 1 is 1.12 bits per heavy atom. The number of benzene rings is 2. The molecule has 0 spiro atoms. The van der Waals surface area contributed by atoms with E-state index in [0.29, 0.717) is 45.9 Å². The molecule has 0 bridgehead atoms. The summed E-state index contributed by atoms with van der Waals surface area (Å²) >= 11 is 7.37. The van der Waals surface area contributed by atoms with Crippen molar-refractivity contribution in [3.05, 3.63) is 69.2 Å². The summed E-state index contributed by atoms with van der Waals surface area (Å²) in [5.74, 6) is -0.952. The van der Waals surface area contributed by atoms with E-state index in [0.717, 1.165) is 0 Å². The molecule has 3 heterocycles. The van der Waals surface area contributed by atoms with Crippen LogP contribution in [0.15, 0.2) is 48.0 Å². The number of carbonyl (C=O) groups excluding carboxylic acids is 2. The zero-order valence-corrected chi connectivity index (χ0v) is 18.3. The van der Waals surface area contributed by atoms with E-state index in [9.17, 15) is 14.7 Å². The fourth-order valence-electron chi connectivity index (χ4n) is 3.75. The number of hydrogen-bond acceptors (Lipinski definition) is 8. The van der Waals surface area contributed by atoms with Gasteiger partial charge in [0.2, 0.25) is 5.13 Å². The number of hydrogen-bond donors (Lipinski definition) is 1. The van der Waals surface area contributed by atoms with Gasteiger partial charge in [-0.2, -0.15) is 0 Å². The fraction of sp³-hybridized carbons (Fsp3) is 0.182. The second-order valence-electron chi connectivity index (χ2n) is 7.19. The van der Waals surface area contributed by atoms with Crippen molar-refractivity contribution in [2.45, 2.75) is 13.0 Å². The van der Waals surface area contributed by atoms with Crippen molar-refractivity contribution < 1.29 is 24.2 Å². The summed E-state index contributed by atoms with van der Waals surface area (Å²) in [6, 6.07) is 10.7. The number of ketones is 1.